The van der Waals surface area contributed by atoms with Gasteiger partial charge in [-0.25, -0.2) is 10.2 Å². The first-order chi connectivity index (χ1) is 14.0. The zero-order valence-corrected chi connectivity index (χ0v) is 16.4. The number of amides is 3. The van der Waals surface area contributed by atoms with Crippen molar-refractivity contribution in [3.05, 3.63) is 95.0 Å². The Morgan fingerprint density at radius 2 is 1.31 bits per heavy atom. The van der Waals surface area contributed by atoms with Crippen LogP contribution in [-0.4, -0.2) is 17.6 Å². The van der Waals surface area contributed by atoms with Gasteiger partial charge < -0.3 is 10.6 Å². The lowest BCUT2D eigenvalue weighted by Crippen LogP contribution is -2.20. The molecule has 0 aromatic heterocycles. The minimum atomic E-state index is -0.361. The first-order valence-corrected chi connectivity index (χ1v) is 9.23. The Morgan fingerprint density at radius 3 is 1.90 bits per heavy atom. The molecule has 6 nitrogen and oxygen atoms in total. The van der Waals surface area contributed by atoms with E-state index in [1.807, 2.05) is 18.2 Å². The Labute approximate surface area is 173 Å². The monoisotopic (exact) mass is 406 g/mol. The number of anilines is 2. The molecule has 3 rings (SSSR count). The van der Waals surface area contributed by atoms with E-state index in [2.05, 4.69) is 21.2 Å². The van der Waals surface area contributed by atoms with Gasteiger partial charge in [0.2, 0.25) is 0 Å². The Hall–Kier alpha value is -3.64. The molecule has 0 aliphatic rings. The highest BCUT2D eigenvalue weighted by molar-refractivity contribution is 6.30. The van der Waals surface area contributed by atoms with Crippen molar-refractivity contribution in [2.75, 3.05) is 10.6 Å². The van der Waals surface area contributed by atoms with Crippen molar-refractivity contribution in [3.63, 3.8) is 0 Å². The second kappa shape index (κ2) is 9.52. The normalized spacial score (nSPS) is 10.9. The molecule has 3 amide bonds. The summed E-state index contributed by atoms with van der Waals surface area (Å²) in [4.78, 5) is 24.1. The van der Waals surface area contributed by atoms with Gasteiger partial charge >= 0.3 is 6.03 Å². The molecule has 3 aromatic rings. The van der Waals surface area contributed by atoms with Crippen molar-refractivity contribution < 1.29 is 9.59 Å². The number of hydrogen-bond donors (Lipinski definition) is 3. The Morgan fingerprint density at radius 1 is 0.759 bits per heavy atom. The summed E-state index contributed by atoms with van der Waals surface area (Å²) in [5.41, 5.74) is 5.80. The Kier molecular flexibility index (Phi) is 6.60. The lowest BCUT2D eigenvalue weighted by molar-refractivity contribution is 0.0955. The van der Waals surface area contributed by atoms with E-state index >= 15 is 0 Å². The first kappa shape index (κ1) is 20.1. The topological polar surface area (TPSA) is 82.6 Å². The van der Waals surface area contributed by atoms with E-state index in [-0.39, 0.29) is 11.9 Å². The number of halogens is 1. The first-order valence-electron chi connectivity index (χ1n) is 8.85. The predicted molar refractivity (Wildman–Crippen MR) is 117 cm³/mol. The molecule has 29 heavy (non-hydrogen) atoms. The predicted octanol–water partition coefficient (Wildman–Crippen LogP) is 5.14. The summed E-state index contributed by atoms with van der Waals surface area (Å²) >= 11 is 5.83. The van der Waals surface area contributed by atoms with Crippen molar-refractivity contribution in [1.29, 1.82) is 0 Å². The average molecular weight is 407 g/mol. The summed E-state index contributed by atoms with van der Waals surface area (Å²) in [6, 6.07) is 22.5. The van der Waals surface area contributed by atoms with Gasteiger partial charge in [0.25, 0.3) is 5.91 Å². The molecule has 3 N–H and O–H groups in total. The zero-order chi connectivity index (χ0) is 20.6. The van der Waals surface area contributed by atoms with Crippen LogP contribution in [0.5, 0.6) is 0 Å². The Bertz CT molecular complexity index is 1020. The molecule has 0 heterocycles. The second-order valence-corrected chi connectivity index (χ2v) is 6.60. The van der Waals surface area contributed by atoms with Gasteiger partial charge in [-0.2, -0.15) is 5.10 Å². The lowest BCUT2D eigenvalue weighted by Gasteiger charge is -2.09. The summed E-state index contributed by atoms with van der Waals surface area (Å²) in [6.07, 6.45) is 0. The van der Waals surface area contributed by atoms with Crippen molar-refractivity contribution in [3.8, 4) is 0 Å². The molecule has 146 valence electrons. The fourth-order valence-corrected chi connectivity index (χ4v) is 2.60. The molecule has 0 bridgehead atoms. The van der Waals surface area contributed by atoms with E-state index in [1.165, 1.54) is 0 Å². The highest BCUT2D eigenvalue weighted by Crippen LogP contribution is 2.15. The fraction of sp³-hybridized carbons (Fsp3) is 0.0455. The van der Waals surface area contributed by atoms with E-state index in [0.717, 1.165) is 5.56 Å². The molecule has 0 atom stereocenters. The fourth-order valence-electron chi connectivity index (χ4n) is 2.47. The van der Waals surface area contributed by atoms with E-state index in [0.29, 0.717) is 27.7 Å². The summed E-state index contributed by atoms with van der Waals surface area (Å²) < 4.78 is 0. The maximum atomic E-state index is 12.1. The van der Waals surface area contributed by atoms with Crippen LogP contribution in [0.15, 0.2) is 84.0 Å². The second-order valence-electron chi connectivity index (χ2n) is 6.17. The zero-order valence-electron chi connectivity index (χ0n) is 15.6. The molecular weight excluding hydrogens is 388 g/mol. The van der Waals surface area contributed by atoms with Gasteiger partial charge in [-0.15, -0.1) is 0 Å². The summed E-state index contributed by atoms with van der Waals surface area (Å²) in [7, 11) is 0. The van der Waals surface area contributed by atoms with Crippen LogP contribution in [0.2, 0.25) is 5.02 Å². The number of carbonyl (C=O) groups is 2. The van der Waals surface area contributed by atoms with Crippen LogP contribution < -0.4 is 16.1 Å². The lowest BCUT2D eigenvalue weighted by atomic mass is 10.1. The van der Waals surface area contributed by atoms with E-state index < -0.39 is 0 Å². The van der Waals surface area contributed by atoms with Gasteiger partial charge in [-0.05, 0) is 61.0 Å². The van der Waals surface area contributed by atoms with Crippen molar-refractivity contribution >= 4 is 40.6 Å². The largest absolute Gasteiger partial charge is 0.323 e. The number of benzene rings is 3. The summed E-state index contributed by atoms with van der Waals surface area (Å²) in [6.45, 7) is 1.79. The molecular formula is C22H19ClN4O2. The van der Waals surface area contributed by atoms with Crippen LogP contribution in [0.25, 0.3) is 0 Å². The maximum absolute atomic E-state index is 12.1. The van der Waals surface area contributed by atoms with Crippen molar-refractivity contribution in [1.82, 2.24) is 5.43 Å². The van der Waals surface area contributed by atoms with Crippen molar-refractivity contribution in [2.24, 2.45) is 5.10 Å². The number of urea groups is 1. The average Bonchev–Trinajstić information content (AvgIpc) is 2.74. The standard InChI is InChI=1S/C22H19ClN4O2/c1-15(26-27-21(28)17-5-3-2-4-6-17)16-7-11-19(12-8-16)24-22(29)25-20-13-9-18(23)10-14-20/h2-14H,1H3,(H,27,28)(H2,24,25,29)/b26-15-. The molecule has 0 fully saturated rings. The third kappa shape index (κ3) is 5.92. The van der Waals surface area contributed by atoms with Crippen LogP contribution in [0.3, 0.4) is 0 Å². The highest BCUT2D eigenvalue weighted by Gasteiger charge is 2.06. The van der Waals surface area contributed by atoms with E-state index in [4.69, 9.17) is 11.6 Å². The maximum Gasteiger partial charge on any atom is 0.323 e. The van der Waals surface area contributed by atoms with Gasteiger partial charge in [0.05, 0.1) is 5.71 Å². The van der Waals surface area contributed by atoms with Crippen LogP contribution in [0.1, 0.15) is 22.8 Å². The summed E-state index contributed by atoms with van der Waals surface area (Å²) in [5.74, 6) is -0.276. The summed E-state index contributed by atoms with van der Waals surface area (Å²) in [5, 5.41) is 10.2. The number of hydrazone groups is 1. The van der Waals surface area contributed by atoms with Gasteiger partial charge in [-0.3, -0.25) is 4.79 Å². The number of hydrogen-bond acceptors (Lipinski definition) is 3. The molecule has 0 saturated heterocycles. The van der Waals surface area contributed by atoms with Crippen LogP contribution in [-0.2, 0) is 0 Å². The molecule has 0 unspecified atom stereocenters. The molecule has 7 heteroatoms. The van der Waals surface area contributed by atoms with Crippen LogP contribution in [0.4, 0.5) is 16.2 Å². The van der Waals surface area contributed by atoms with Crippen LogP contribution in [0, 0.1) is 0 Å². The van der Waals surface area contributed by atoms with E-state index in [9.17, 15) is 9.59 Å². The number of rotatable bonds is 5. The molecule has 0 aliphatic carbocycles. The number of carbonyl (C=O) groups excluding carboxylic acids is 2. The third-order valence-corrected chi connectivity index (χ3v) is 4.28. The number of nitrogens with one attached hydrogen (secondary N) is 3. The Balaban J connectivity index is 1.56. The highest BCUT2D eigenvalue weighted by atomic mass is 35.5. The molecule has 0 aliphatic heterocycles. The van der Waals surface area contributed by atoms with Gasteiger partial charge in [0.15, 0.2) is 0 Å². The van der Waals surface area contributed by atoms with Gasteiger partial charge in [-0.1, -0.05) is 41.9 Å². The van der Waals surface area contributed by atoms with E-state index in [1.54, 1.807) is 67.6 Å². The number of nitrogens with zero attached hydrogens (tertiary/aromatic N) is 1. The molecule has 0 spiro atoms. The quantitative estimate of drug-likeness (QED) is 0.405. The van der Waals surface area contributed by atoms with Crippen LogP contribution >= 0.6 is 11.6 Å². The third-order valence-electron chi connectivity index (χ3n) is 4.02. The van der Waals surface area contributed by atoms with Gasteiger partial charge in [0.1, 0.15) is 0 Å². The SMILES string of the molecule is C/C(=N/NC(=O)c1ccccc1)c1ccc(NC(=O)Nc2ccc(Cl)cc2)cc1. The van der Waals surface area contributed by atoms with Gasteiger partial charge in [0, 0.05) is 22.0 Å². The minimum Gasteiger partial charge on any atom is -0.308 e. The molecule has 0 saturated carbocycles. The minimum absolute atomic E-state index is 0.276. The molecule has 0 radical (unpaired) electrons. The smallest absolute Gasteiger partial charge is 0.308 e. The molecule has 3 aromatic carbocycles. The van der Waals surface area contributed by atoms with Crippen molar-refractivity contribution in [2.45, 2.75) is 6.92 Å².